The quantitative estimate of drug-likeness (QED) is 0.877. The van der Waals surface area contributed by atoms with Crippen molar-refractivity contribution in [1.29, 1.82) is 0 Å². The summed E-state index contributed by atoms with van der Waals surface area (Å²) in [4.78, 5) is 12.6. The Hall–Kier alpha value is -1.50. The van der Waals surface area contributed by atoms with Gasteiger partial charge in [0.25, 0.3) is 0 Å². The smallest absolute Gasteiger partial charge is 0.245 e. The maximum Gasteiger partial charge on any atom is 0.245 e. The summed E-state index contributed by atoms with van der Waals surface area (Å²) < 4.78 is 16.2. The molecule has 0 spiro atoms. The minimum atomic E-state index is -0.941. The van der Waals surface area contributed by atoms with Crippen LogP contribution in [0.4, 0.5) is 5.69 Å². The molecule has 7 heteroatoms. The average Bonchev–Trinajstić information content (AvgIpc) is 2.94. The van der Waals surface area contributed by atoms with E-state index in [0.29, 0.717) is 30.2 Å². The molecule has 1 heterocycles. The third kappa shape index (κ3) is 2.75. The normalized spacial score (nSPS) is 26.9. The Labute approximate surface area is 142 Å². The van der Waals surface area contributed by atoms with Crippen LogP contribution in [-0.4, -0.2) is 30.9 Å². The van der Waals surface area contributed by atoms with Gasteiger partial charge in [-0.2, -0.15) is 0 Å². The van der Waals surface area contributed by atoms with Crippen LogP contribution in [0.15, 0.2) is 18.2 Å². The van der Waals surface area contributed by atoms with Gasteiger partial charge in [-0.05, 0) is 19.1 Å². The van der Waals surface area contributed by atoms with Gasteiger partial charge in [-0.1, -0.05) is 13.8 Å². The maximum absolute atomic E-state index is 12.6. The van der Waals surface area contributed by atoms with E-state index in [1.165, 1.54) is 0 Å². The van der Waals surface area contributed by atoms with Crippen LogP contribution in [0.3, 0.4) is 0 Å². The summed E-state index contributed by atoms with van der Waals surface area (Å²) in [5, 5.41) is 2.88. The summed E-state index contributed by atoms with van der Waals surface area (Å²) in [5.41, 5.74) is 5.65. The highest BCUT2D eigenvalue weighted by Crippen LogP contribution is 2.50. The lowest BCUT2D eigenvalue weighted by Gasteiger charge is -2.57. The van der Waals surface area contributed by atoms with Crippen molar-refractivity contribution in [2.24, 2.45) is 11.1 Å². The molecule has 2 unspecified atom stereocenters. The Morgan fingerprint density at radius 3 is 2.74 bits per heavy atom. The molecule has 1 aliphatic carbocycles. The average molecular weight is 343 g/mol. The van der Waals surface area contributed by atoms with Crippen LogP contribution in [-0.2, 0) is 9.53 Å². The highest BCUT2D eigenvalue weighted by molar-refractivity contribution is 6.00. The number of hydrogen-bond acceptors (Lipinski definition) is 5. The van der Waals surface area contributed by atoms with Gasteiger partial charge >= 0.3 is 0 Å². The van der Waals surface area contributed by atoms with Crippen molar-refractivity contribution >= 4 is 24.0 Å². The van der Waals surface area contributed by atoms with Crippen LogP contribution in [0.25, 0.3) is 0 Å². The molecule has 0 aromatic heterocycles. The SMILES string of the molecule is CCOC1CC(N)(C(=O)Nc2ccc3c(c2)OCO3)C1(C)C.Cl. The minimum absolute atomic E-state index is 0. The molecule has 0 radical (unpaired) electrons. The summed E-state index contributed by atoms with van der Waals surface area (Å²) in [6.45, 7) is 6.70. The van der Waals surface area contributed by atoms with Crippen molar-refractivity contribution in [1.82, 2.24) is 0 Å². The number of carbonyl (C=O) groups excluding carboxylic acids is 1. The summed E-state index contributed by atoms with van der Waals surface area (Å²) in [6, 6.07) is 5.30. The first-order chi connectivity index (χ1) is 10.4. The molecule has 6 nitrogen and oxygen atoms in total. The molecule has 0 bridgehead atoms. The Balaban J connectivity index is 0.00000192. The Morgan fingerprint density at radius 2 is 2.09 bits per heavy atom. The minimum Gasteiger partial charge on any atom is -0.454 e. The predicted molar refractivity (Wildman–Crippen MR) is 89.2 cm³/mol. The van der Waals surface area contributed by atoms with E-state index < -0.39 is 11.0 Å². The van der Waals surface area contributed by atoms with Crippen LogP contribution >= 0.6 is 12.4 Å². The van der Waals surface area contributed by atoms with E-state index in [2.05, 4.69) is 5.32 Å². The fourth-order valence-corrected chi connectivity index (χ4v) is 3.04. The monoisotopic (exact) mass is 342 g/mol. The highest BCUT2D eigenvalue weighted by atomic mass is 35.5. The van der Waals surface area contributed by atoms with Gasteiger partial charge < -0.3 is 25.3 Å². The molecule has 1 fully saturated rings. The number of amides is 1. The fourth-order valence-electron chi connectivity index (χ4n) is 3.04. The highest BCUT2D eigenvalue weighted by Gasteiger charge is 2.62. The molecule has 3 N–H and O–H groups in total. The number of benzene rings is 1. The molecule has 128 valence electrons. The molecule has 2 atom stereocenters. The second-order valence-electron chi connectivity index (χ2n) is 6.36. The topological polar surface area (TPSA) is 82.8 Å². The first kappa shape index (κ1) is 17.8. The largest absolute Gasteiger partial charge is 0.454 e. The van der Waals surface area contributed by atoms with Gasteiger partial charge in [-0.3, -0.25) is 4.79 Å². The lowest BCUT2D eigenvalue weighted by molar-refractivity contribution is -0.166. The molecule has 0 saturated heterocycles. The van der Waals surface area contributed by atoms with Crippen LogP contribution in [0.1, 0.15) is 27.2 Å². The lowest BCUT2D eigenvalue weighted by Crippen LogP contribution is -2.74. The number of rotatable bonds is 4. The van der Waals surface area contributed by atoms with E-state index >= 15 is 0 Å². The van der Waals surface area contributed by atoms with Crippen molar-refractivity contribution in [2.75, 3.05) is 18.7 Å². The van der Waals surface area contributed by atoms with Gasteiger partial charge in [0.1, 0.15) is 5.54 Å². The molecule has 1 amide bonds. The zero-order chi connectivity index (χ0) is 16.0. The maximum atomic E-state index is 12.6. The summed E-state index contributed by atoms with van der Waals surface area (Å²) in [5.74, 6) is 1.11. The van der Waals surface area contributed by atoms with Gasteiger partial charge in [-0.15, -0.1) is 12.4 Å². The molecule has 1 aromatic rings. The van der Waals surface area contributed by atoms with Crippen molar-refractivity contribution in [2.45, 2.75) is 38.8 Å². The van der Waals surface area contributed by atoms with E-state index in [0.717, 1.165) is 0 Å². The third-order valence-electron chi connectivity index (χ3n) is 4.87. The zero-order valence-corrected chi connectivity index (χ0v) is 14.4. The first-order valence-corrected chi connectivity index (χ1v) is 7.50. The van der Waals surface area contributed by atoms with E-state index in [9.17, 15) is 4.79 Å². The van der Waals surface area contributed by atoms with Gasteiger partial charge in [0, 0.05) is 30.2 Å². The molecule has 2 aliphatic rings. The van der Waals surface area contributed by atoms with Crippen LogP contribution in [0.2, 0.25) is 0 Å². The molecule has 1 aliphatic heterocycles. The molecule has 1 aromatic carbocycles. The fraction of sp³-hybridized carbons (Fsp3) is 0.562. The third-order valence-corrected chi connectivity index (χ3v) is 4.87. The van der Waals surface area contributed by atoms with Crippen molar-refractivity contribution in [3.8, 4) is 11.5 Å². The number of halogens is 1. The zero-order valence-electron chi connectivity index (χ0n) is 13.5. The van der Waals surface area contributed by atoms with Crippen molar-refractivity contribution in [3.05, 3.63) is 18.2 Å². The van der Waals surface area contributed by atoms with E-state index in [1.807, 2.05) is 20.8 Å². The number of hydrogen-bond donors (Lipinski definition) is 2. The Morgan fingerprint density at radius 1 is 1.39 bits per heavy atom. The Bertz CT molecular complexity index is 608. The van der Waals surface area contributed by atoms with Crippen molar-refractivity contribution in [3.63, 3.8) is 0 Å². The summed E-state index contributed by atoms with van der Waals surface area (Å²) >= 11 is 0. The van der Waals surface area contributed by atoms with Crippen LogP contribution < -0.4 is 20.5 Å². The number of carbonyl (C=O) groups is 1. The number of nitrogens with two attached hydrogens (primary N) is 1. The molecule has 3 rings (SSSR count). The second-order valence-corrected chi connectivity index (χ2v) is 6.36. The number of fused-ring (bicyclic) bond motifs is 1. The Kier molecular flexibility index (Phi) is 4.80. The van der Waals surface area contributed by atoms with E-state index in [1.54, 1.807) is 18.2 Å². The number of nitrogens with one attached hydrogen (secondary N) is 1. The predicted octanol–water partition coefficient (Wildman–Crippen LogP) is 2.31. The molecular formula is C16H23ClN2O4. The van der Waals surface area contributed by atoms with Gasteiger partial charge in [0.2, 0.25) is 12.7 Å². The van der Waals surface area contributed by atoms with Gasteiger partial charge in [0.05, 0.1) is 6.10 Å². The van der Waals surface area contributed by atoms with Gasteiger partial charge in [0.15, 0.2) is 11.5 Å². The number of ether oxygens (including phenoxy) is 3. The van der Waals surface area contributed by atoms with Crippen molar-refractivity contribution < 1.29 is 19.0 Å². The standard InChI is InChI=1S/C16H22N2O4.ClH/c1-4-20-13-8-16(17,15(13,2)3)14(19)18-10-5-6-11-12(7-10)22-9-21-11;/h5-7,13H,4,8-9,17H2,1-3H3,(H,18,19);1H. The van der Waals surface area contributed by atoms with Gasteiger partial charge in [-0.25, -0.2) is 0 Å². The molecule has 23 heavy (non-hydrogen) atoms. The van der Waals surface area contributed by atoms with Crippen LogP contribution in [0, 0.1) is 5.41 Å². The molecular weight excluding hydrogens is 320 g/mol. The first-order valence-electron chi connectivity index (χ1n) is 7.50. The molecule has 1 saturated carbocycles. The second kappa shape index (κ2) is 6.19. The van der Waals surface area contributed by atoms with E-state index in [4.69, 9.17) is 19.9 Å². The lowest BCUT2D eigenvalue weighted by atomic mass is 9.54. The van der Waals surface area contributed by atoms with E-state index in [-0.39, 0.29) is 31.2 Å². The summed E-state index contributed by atoms with van der Waals surface area (Å²) in [6.07, 6.45) is 0.523. The number of anilines is 1. The summed E-state index contributed by atoms with van der Waals surface area (Å²) in [7, 11) is 0. The van der Waals surface area contributed by atoms with Crippen LogP contribution in [0.5, 0.6) is 11.5 Å².